The van der Waals surface area contributed by atoms with Crippen molar-refractivity contribution in [3.63, 3.8) is 0 Å². The molecule has 0 aromatic heterocycles. The lowest BCUT2D eigenvalue weighted by atomic mass is 9.79. The van der Waals surface area contributed by atoms with Gasteiger partial charge in [-0.25, -0.2) is 4.79 Å². The summed E-state index contributed by atoms with van der Waals surface area (Å²) in [5.41, 5.74) is -0.573. The van der Waals surface area contributed by atoms with Crippen LogP contribution in [0.15, 0.2) is 0 Å². The molecule has 2 amide bonds. The van der Waals surface area contributed by atoms with E-state index in [9.17, 15) is 9.59 Å². The highest BCUT2D eigenvalue weighted by atomic mass is 16.5. The molecule has 2 N–H and O–H groups in total. The van der Waals surface area contributed by atoms with Crippen molar-refractivity contribution in [3.05, 3.63) is 0 Å². The molecular weight excluding hydrogens is 260 g/mol. The van der Waals surface area contributed by atoms with Crippen LogP contribution in [0, 0.1) is 0 Å². The Hall–Kier alpha value is -1.30. The van der Waals surface area contributed by atoms with E-state index in [1.54, 1.807) is 19.1 Å². The first-order valence-corrected chi connectivity index (χ1v) is 7.23. The lowest BCUT2D eigenvalue weighted by Crippen LogP contribution is -2.54. The first-order chi connectivity index (χ1) is 9.49. The predicted molar refractivity (Wildman–Crippen MR) is 75.7 cm³/mol. The summed E-state index contributed by atoms with van der Waals surface area (Å²) in [4.78, 5) is 24.8. The van der Waals surface area contributed by atoms with Crippen LogP contribution in [-0.4, -0.2) is 54.9 Å². The smallest absolute Gasteiger partial charge is 0.317 e. The van der Waals surface area contributed by atoms with Gasteiger partial charge in [-0.1, -0.05) is 19.3 Å². The molecule has 1 aliphatic rings. The van der Waals surface area contributed by atoms with Gasteiger partial charge in [0.2, 0.25) is 0 Å². The van der Waals surface area contributed by atoms with Crippen molar-refractivity contribution in [3.8, 4) is 0 Å². The van der Waals surface area contributed by atoms with Gasteiger partial charge in [0.25, 0.3) is 0 Å². The summed E-state index contributed by atoms with van der Waals surface area (Å²) >= 11 is 0. The second-order valence-corrected chi connectivity index (χ2v) is 5.61. The lowest BCUT2D eigenvalue weighted by molar-refractivity contribution is -0.139. The second kappa shape index (κ2) is 8.09. The summed E-state index contributed by atoms with van der Waals surface area (Å²) in [5, 5.41) is 12.0. The predicted octanol–water partition coefficient (Wildman–Crippen LogP) is 1.84. The molecule has 0 radical (unpaired) electrons. The van der Waals surface area contributed by atoms with E-state index in [-0.39, 0.29) is 12.5 Å². The fourth-order valence-electron chi connectivity index (χ4n) is 2.73. The highest BCUT2D eigenvalue weighted by Crippen LogP contribution is 2.31. The van der Waals surface area contributed by atoms with Gasteiger partial charge in [0, 0.05) is 27.3 Å². The molecule has 0 atom stereocenters. The molecule has 1 aliphatic carbocycles. The highest BCUT2D eigenvalue weighted by Gasteiger charge is 2.36. The molecule has 6 nitrogen and oxygen atoms in total. The van der Waals surface area contributed by atoms with Crippen molar-refractivity contribution in [1.29, 1.82) is 0 Å². The Kier molecular flexibility index (Phi) is 6.78. The number of hydrogen-bond acceptors (Lipinski definition) is 3. The minimum Gasteiger partial charge on any atom is -0.481 e. The largest absolute Gasteiger partial charge is 0.481 e. The Bertz CT molecular complexity index is 327. The first kappa shape index (κ1) is 16.8. The van der Waals surface area contributed by atoms with Crippen molar-refractivity contribution in [2.75, 3.05) is 27.3 Å². The molecule has 0 aliphatic heterocycles. The van der Waals surface area contributed by atoms with E-state index in [4.69, 9.17) is 9.84 Å². The Labute approximate surface area is 120 Å². The molecule has 0 aromatic rings. The summed E-state index contributed by atoms with van der Waals surface area (Å²) in [7, 11) is 3.35. The van der Waals surface area contributed by atoms with E-state index >= 15 is 0 Å². The molecule has 20 heavy (non-hydrogen) atoms. The number of aliphatic carboxylic acids is 1. The topological polar surface area (TPSA) is 78.9 Å². The average Bonchev–Trinajstić information content (AvgIpc) is 2.38. The number of carboxylic acid groups (broad SMARTS) is 1. The van der Waals surface area contributed by atoms with E-state index in [1.165, 1.54) is 0 Å². The lowest BCUT2D eigenvalue weighted by Gasteiger charge is -2.38. The number of methoxy groups -OCH3 is 1. The number of urea groups is 1. The first-order valence-electron chi connectivity index (χ1n) is 7.23. The molecule has 1 fully saturated rings. The number of nitrogens with one attached hydrogen (secondary N) is 1. The van der Waals surface area contributed by atoms with E-state index in [2.05, 4.69) is 5.32 Å². The molecule has 1 saturated carbocycles. The van der Waals surface area contributed by atoms with Gasteiger partial charge in [-0.3, -0.25) is 4.79 Å². The van der Waals surface area contributed by atoms with E-state index in [1.807, 2.05) is 0 Å². The summed E-state index contributed by atoms with van der Waals surface area (Å²) in [6.07, 6.45) is 5.33. The number of amides is 2. The van der Waals surface area contributed by atoms with Crippen LogP contribution >= 0.6 is 0 Å². The van der Waals surface area contributed by atoms with E-state index in [0.29, 0.717) is 13.2 Å². The Morgan fingerprint density at radius 2 is 1.95 bits per heavy atom. The summed E-state index contributed by atoms with van der Waals surface area (Å²) in [6.45, 7) is 1.21. The van der Waals surface area contributed by atoms with Crippen LogP contribution < -0.4 is 5.32 Å². The van der Waals surface area contributed by atoms with Gasteiger partial charge < -0.3 is 20.1 Å². The maximum atomic E-state index is 12.2. The molecule has 0 aromatic carbocycles. The maximum Gasteiger partial charge on any atom is 0.317 e. The van der Waals surface area contributed by atoms with Gasteiger partial charge in [0.15, 0.2) is 0 Å². The number of nitrogens with zero attached hydrogens (tertiary/aromatic N) is 1. The number of carbonyl (C=O) groups excluding carboxylic acids is 1. The highest BCUT2D eigenvalue weighted by molar-refractivity contribution is 5.76. The molecule has 0 saturated heterocycles. The normalized spacial score (nSPS) is 17.5. The quantitative estimate of drug-likeness (QED) is 0.700. The summed E-state index contributed by atoms with van der Waals surface area (Å²) in [5.74, 6) is -0.853. The monoisotopic (exact) mass is 286 g/mol. The molecule has 0 heterocycles. The van der Waals surface area contributed by atoms with Crippen molar-refractivity contribution < 1.29 is 19.4 Å². The van der Waals surface area contributed by atoms with Crippen LogP contribution in [0.4, 0.5) is 4.79 Å². The van der Waals surface area contributed by atoms with Crippen molar-refractivity contribution >= 4 is 12.0 Å². The number of rotatable bonds is 7. The molecule has 0 unspecified atom stereocenters. The minimum absolute atomic E-state index is 0.00461. The number of hydrogen-bond donors (Lipinski definition) is 2. The van der Waals surface area contributed by atoms with Crippen LogP contribution in [0.1, 0.15) is 44.9 Å². The fraction of sp³-hybridized carbons (Fsp3) is 0.857. The third-order valence-corrected chi connectivity index (χ3v) is 3.86. The summed E-state index contributed by atoms with van der Waals surface area (Å²) in [6, 6.07) is -0.191. The van der Waals surface area contributed by atoms with Crippen molar-refractivity contribution in [1.82, 2.24) is 10.2 Å². The zero-order chi connectivity index (χ0) is 15.0. The molecule has 116 valence electrons. The Morgan fingerprint density at radius 1 is 1.30 bits per heavy atom. The number of carbonyl (C=O) groups is 2. The Balaban J connectivity index is 2.55. The van der Waals surface area contributed by atoms with Gasteiger partial charge in [-0.05, 0) is 19.3 Å². The molecule has 0 bridgehead atoms. The maximum absolute atomic E-state index is 12.2. The van der Waals surface area contributed by atoms with E-state index < -0.39 is 11.5 Å². The van der Waals surface area contributed by atoms with Gasteiger partial charge in [-0.2, -0.15) is 0 Å². The van der Waals surface area contributed by atoms with Crippen LogP contribution in [0.2, 0.25) is 0 Å². The van der Waals surface area contributed by atoms with Crippen LogP contribution in [0.25, 0.3) is 0 Å². The fourth-order valence-corrected chi connectivity index (χ4v) is 2.73. The molecule has 6 heteroatoms. The third kappa shape index (κ3) is 5.36. The number of ether oxygens (including phenoxy) is 1. The minimum atomic E-state index is -0.853. The zero-order valence-electron chi connectivity index (χ0n) is 12.5. The standard InChI is InChI=1S/C14H26N2O4/c1-16(9-6-10-20-2)13(19)15-14(11-12(17)18)7-4-3-5-8-14/h3-11H2,1-2H3,(H,15,19)(H,17,18). The van der Waals surface area contributed by atoms with Gasteiger partial charge in [-0.15, -0.1) is 0 Å². The average molecular weight is 286 g/mol. The van der Waals surface area contributed by atoms with Crippen LogP contribution in [-0.2, 0) is 9.53 Å². The van der Waals surface area contributed by atoms with Gasteiger partial charge in [0.05, 0.1) is 12.0 Å². The van der Waals surface area contributed by atoms with Gasteiger partial charge in [0.1, 0.15) is 0 Å². The van der Waals surface area contributed by atoms with Crippen molar-refractivity contribution in [2.45, 2.75) is 50.5 Å². The molecule has 1 rings (SSSR count). The number of carboxylic acids is 1. The van der Waals surface area contributed by atoms with Crippen LogP contribution in [0.5, 0.6) is 0 Å². The second-order valence-electron chi connectivity index (χ2n) is 5.61. The SMILES string of the molecule is COCCCN(C)C(=O)NC1(CC(=O)O)CCCCC1. The summed E-state index contributed by atoms with van der Waals surface area (Å²) < 4.78 is 4.96. The molecule has 0 spiro atoms. The molecular formula is C14H26N2O4. The van der Waals surface area contributed by atoms with Crippen molar-refractivity contribution in [2.24, 2.45) is 0 Å². The Morgan fingerprint density at radius 3 is 2.50 bits per heavy atom. The van der Waals surface area contributed by atoms with Crippen LogP contribution in [0.3, 0.4) is 0 Å². The zero-order valence-corrected chi connectivity index (χ0v) is 12.5. The van der Waals surface area contributed by atoms with E-state index in [0.717, 1.165) is 38.5 Å². The third-order valence-electron chi connectivity index (χ3n) is 3.86. The van der Waals surface area contributed by atoms with Gasteiger partial charge >= 0.3 is 12.0 Å².